The third-order valence-corrected chi connectivity index (χ3v) is 2.10. The fourth-order valence-corrected chi connectivity index (χ4v) is 1.29. The molecule has 1 N–H and O–H groups in total. The Labute approximate surface area is 84.4 Å². The number of carbonyl (C=O) groups excluding carboxylic acids is 1. The molecular weight excluding hydrogens is 184 g/mol. The molecular formula is C9H18N2O3. The number of amides is 2. The van der Waals surface area contributed by atoms with Crippen LogP contribution in [0.5, 0.6) is 0 Å². The highest BCUT2D eigenvalue weighted by Gasteiger charge is 2.15. The van der Waals surface area contributed by atoms with E-state index < -0.39 is 0 Å². The van der Waals surface area contributed by atoms with E-state index in [1.165, 1.54) is 0 Å². The van der Waals surface area contributed by atoms with Crippen LogP contribution in [0.3, 0.4) is 0 Å². The van der Waals surface area contributed by atoms with Gasteiger partial charge < -0.3 is 19.7 Å². The molecule has 0 saturated carbocycles. The molecule has 1 fully saturated rings. The zero-order valence-electron chi connectivity index (χ0n) is 8.62. The van der Waals surface area contributed by atoms with Crippen LogP contribution in [0.15, 0.2) is 0 Å². The summed E-state index contributed by atoms with van der Waals surface area (Å²) >= 11 is 0. The molecule has 0 aliphatic carbocycles. The van der Waals surface area contributed by atoms with Crippen molar-refractivity contribution in [2.75, 3.05) is 46.6 Å². The normalized spacial score (nSPS) is 16.8. The minimum Gasteiger partial charge on any atom is -0.385 e. The highest BCUT2D eigenvalue weighted by atomic mass is 16.5. The van der Waals surface area contributed by atoms with Gasteiger partial charge >= 0.3 is 6.03 Å². The maximum absolute atomic E-state index is 11.5. The first kappa shape index (κ1) is 11.3. The predicted molar refractivity (Wildman–Crippen MR) is 52.3 cm³/mol. The van der Waals surface area contributed by atoms with Crippen LogP contribution < -0.4 is 5.32 Å². The number of morpholine rings is 1. The first-order valence-electron chi connectivity index (χ1n) is 4.94. The van der Waals surface area contributed by atoms with Crippen LogP contribution in [-0.4, -0.2) is 57.5 Å². The van der Waals surface area contributed by atoms with Gasteiger partial charge in [-0.3, -0.25) is 0 Å². The molecule has 0 unspecified atom stereocenters. The second-order valence-corrected chi connectivity index (χ2v) is 3.18. The molecule has 82 valence electrons. The van der Waals surface area contributed by atoms with Crippen LogP contribution in [0.2, 0.25) is 0 Å². The molecule has 0 aromatic heterocycles. The number of ether oxygens (including phenoxy) is 2. The molecule has 0 atom stereocenters. The van der Waals surface area contributed by atoms with Crippen LogP contribution in [0.1, 0.15) is 6.42 Å². The van der Waals surface area contributed by atoms with Gasteiger partial charge in [-0.05, 0) is 6.42 Å². The molecule has 5 nitrogen and oxygen atoms in total. The zero-order valence-corrected chi connectivity index (χ0v) is 8.62. The maximum atomic E-state index is 11.5. The molecule has 0 spiro atoms. The molecule has 0 aromatic rings. The van der Waals surface area contributed by atoms with Crippen LogP contribution in [0.4, 0.5) is 4.79 Å². The van der Waals surface area contributed by atoms with Crippen LogP contribution >= 0.6 is 0 Å². The Morgan fingerprint density at radius 3 is 2.86 bits per heavy atom. The van der Waals surface area contributed by atoms with Gasteiger partial charge in [0.15, 0.2) is 0 Å². The van der Waals surface area contributed by atoms with E-state index in [0.29, 0.717) is 39.5 Å². The fraction of sp³-hybridized carbons (Fsp3) is 0.889. The van der Waals surface area contributed by atoms with Crippen LogP contribution in [-0.2, 0) is 9.47 Å². The quantitative estimate of drug-likeness (QED) is 0.656. The van der Waals surface area contributed by atoms with Gasteiger partial charge in [0.1, 0.15) is 0 Å². The first-order valence-corrected chi connectivity index (χ1v) is 4.94. The summed E-state index contributed by atoms with van der Waals surface area (Å²) < 4.78 is 10.0. The van der Waals surface area contributed by atoms with Gasteiger partial charge in [0.2, 0.25) is 0 Å². The van der Waals surface area contributed by atoms with Gasteiger partial charge in [-0.15, -0.1) is 0 Å². The lowest BCUT2D eigenvalue weighted by Gasteiger charge is -2.26. The van der Waals surface area contributed by atoms with E-state index in [4.69, 9.17) is 9.47 Å². The van der Waals surface area contributed by atoms with E-state index in [1.54, 1.807) is 12.0 Å². The van der Waals surface area contributed by atoms with Gasteiger partial charge in [-0.1, -0.05) is 0 Å². The molecule has 0 aromatic carbocycles. The Bertz CT molecular complexity index is 169. The number of rotatable bonds is 4. The number of urea groups is 1. The number of hydrogen-bond donors (Lipinski definition) is 1. The summed E-state index contributed by atoms with van der Waals surface area (Å²) in [6, 6.07) is 0.00408. The zero-order chi connectivity index (χ0) is 10.2. The number of hydrogen-bond acceptors (Lipinski definition) is 3. The molecule has 2 amide bonds. The lowest BCUT2D eigenvalue weighted by atomic mass is 10.4. The van der Waals surface area contributed by atoms with Gasteiger partial charge in [-0.2, -0.15) is 0 Å². The van der Waals surface area contributed by atoms with Crippen molar-refractivity contribution in [3.8, 4) is 0 Å². The van der Waals surface area contributed by atoms with E-state index in [-0.39, 0.29) is 6.03 Å². The largest absolute Gasteiger partial charge is 0.385 e. The molecule has 1 heterocycles. The predicted octanol–water partition coefficient (Wildman–Crippen LogP) is 0.0647. The van der Waals surface area contributed by atoms with Crippen molar-refractivity contribution in [3.63, 3.8) is 0 Å². The van der Waals surface area contributed by atoms with Crippen molar-refractivity contribution in [2.24, 2.45) is 0 Å². The lowest BCUT2D eigenvalue weighted by molar-refractivity contribution is 0.0531. The summed E-state index contributed by atoms with van der Waals surface area (Å²) in [5, 5.41) is 2.84. The molecule has 14 heavy (non-hydrogen) atoms. The van der Waals surface area contributed by atoms with Crippen molar-refractivity contribution in [3.05, 3.63) is 0 Å². The van der Waals surface area contributed by atoms with E-state index in [9.17, 15) is 4.79 Å². The number of nitrogens with one attached hydrogen (secondary N) is 1. The fourth-order valence-electron chi connectivity index (χ4n) is 1.29. The summed E-state index contributed by atoms with van der Waals surface area (Å²) in [6.07, 6.45) is 0.854. The van der Waals surface area contributed by atoms with Crippen molar-refractivity contribution in [1.82, 2.24) is 10.2 Å². The van der Waals surface area contributed by atoms with Gasteiger partial charge in [0.05, 0.1) is 13.2 Å². The molecule has 1 saturated heterocycles. The molecule has 0 bridgehead atoms. The van der Waals surface area contributed by atoms with Crippen molar-refractivity contribution >= 4 is 6.03 Å². The summed E-state index contributed by atoms with van der Waals surface area (Å²) in [5.74, 6) is 0. The Balaban J connectivity index is 2.07. The van der Waals surface area contributed by atoms with E-state index in [0.717, 1.165) is 6.42 Å². The average Bonchev–Trinajstić information content (AvgIpc) is 2.25. The second kappa shape index (κ2) is 6.62. The summed E-state index contributed by atoms with van der Waals surface area (Å²) in [7, 11) is 1.66. The highest BCUT2D eigenvalue weighted by molar-refractivity contribution is 5.74. The molecule has 1 rings (SSSR count). The highest BCUT2D eigenvalue weighted by Crippen LogP contribution is 1.96. The Kier molecular flexibility index (Phi) is 5.32. The van der Waals surface area contributed by atoms with Crippen LogP contribution in [0.25, 0.3) is 0 Å². The molecule has 0 radical (unpaired) electrons. The van der Waals surface area contributed by atoms with E-state index >= 15 is 0 Å². The minimum absolute atomic E-state index is 0.00408. The third-order valence-electron chi connectivity index (χ3n) is 2.10. The standard InChI is InChI=1S/C9H18N2O3/c1-13-6-2-3-10-9(12)11-4-7-14-8-5-11/h2-8H2,1H3,(H,10,12). The third kappa shape index (κ3) is 3.93. The lowest BCUT2D eigenvalue weighted by Crippen LogP contribution is -2.46. The Morgan fingerprint density at radius 2 is 2.21 bits per heavy atom. The average molecular weight is 202 g/mol. The number of carbonyl (C=O) groups is 1. The summed E-state index contributed by atoms with van der Waals surface area (Å²) in [4.78, 5) is 13.3. The van der Waals surface area contributed by atoms with Crippen molar-refractivity contribution < 1.29 is 14.3 Å². The van der Waals surface area contributed by atoms with Crippen molar-refractivity contribution in [2.45, 2.75) is 6.42 Å². The number of nitrogens with zero attached hydrogens (tertiary/aromatic N) is 1. The maximum Gasteiger partial charge on any atom is 0.317 e. The van der Waals surface area contributed by atoms with E-state index in [2.05, 4.69) is 5.32 Å². The summed E-state index contributed by atoms with van der Waals surface area (Å²) in [6.45, 7) is 4.02. The smallest absolute Gasteiger partial charge is 0.317 e. The Hall–Kier alpha value is -0.810. The molecule has 1 aliphatic heterocycles. The van der Waals surface area contributed by atoms with Gasteiger partial charge in [0, 0.05) is 33.4 Å². The Morgan fingerprint density at radius 1 is 1.50 bits per heavy atom. The first-order chi connectivity index (χ1) is 6.84. The second-order valence-electron chi connectivity index (χ2n) is 3.18. The van der Waals surface area contributed by atoms with Crippen LogP contribution in [0, 0.1) is 0 Å². The minimum atomic E-state index is 0.00408. The van der Waals surface area contributed by atoms with E-state index in [1.807, 2.05) is 0 Å². The topological polar surface area (TPSA) is 50.8 Å². The molecule has 1 aliphatic rings. The molecule has 5 heteroatoms. The van der Waals surface area contributed by atoms with Gasteiger partial charge in [0.25, 0.3) is 0 Å². The SMILES string of the molecule is COCCCNC(=O)N1CCOCC1. The summed E-state index contributed by atoms with van der Waals surface area (Å²) in [5.41, 5.74) is 0. The number of methoxy groups -OCH3 is 1. The monoisotopic (exact) mass is 202 g/mol. The van der Waals surface area contributed by atoms with Crippen molar-refractivity contribution in [1.29, 1.82) is 0 Å². The van der Waals surface area contributed by atoms with Gasteiger partial charge in [-0.25, -0.2) is 4.79 Å².